The van der Waals surface area contributed by atoms with Crippen molar-refractivity contribution in [3.8, 4) is 34.2 Å². The van der Waals surface area contributed by atoms with Crippen LogP contribution in [0.1, 0.15) is 0 Å². The lowest BCUT2D eigenvalue weighted by Crippen LogP contribution is -2.00. The van der Waals surface area contributed by atoms with Crippen LogP contribution in [0.2, 0.25) is 0 Å². The molecule has 5 aromatic carbocycles. The topological polar surface area (TPSA) is 90.2 Å². The van der Waals surface area contributed by atoms with Crippen molar-refractivity contribution >= 4 is 43.4 Å². The summed E-state index contributed by atoms with van der Waals surface area (Å²) >= 11 is 0. The summed E-state index contributed by atoms with van der Waals surface area (Å²) in [6.45, 7) is 0. The minimum atomic E-state index is 0.578. The average Bonchev–Trinajstić information content (AvgIpc) is 3.02. The van der Waals surface area contributed by atoms with Gasteiger partial charge in [-0.15, -0.1) is 0 Å². The molecule has 0 aliphatic rings. The molecule has 7 nitrogen and oxygen atoms in total. The molecule has 40 heavy (non-hydrogen) atoms. The lowest BCUT2D eigenvalue weighted by molar-refractivity contribution is 1.07. The quantitative estimate of drug-likeness (QED) is 0.233. The molecule has 0 amide bonds. The summed E-state index contributed by atoms with van der Waals surface area (Å²) in [5, 5.41) is 6.55. The zero-order valence-electron chi connectivity index (χ0n) is 21.1. The Kier molecular flexibility index (Phi) is 4.99. The van der Waals surface area contributed by atoms with Crippen LogP contribution < -0.4 is 0 Å². The number of aromatic nitrogens is 7. The third kappa shape index (κ3) is 3.88. The van der Waals surface area contributed by atoms with Crippen LogP contribution in [0.4, 0.5) is 0 Å². The molecule has 7 heteroatoms. The molecule has 0 bridgehead atoms. The Morgan fingerprint density at radius 2 is 0.825 bits per heavy atom. The van der Waals surface area contributed by atoms with Gasteiger partial charge in [0.2, 0.25) is 0 Å². The van der Waals surface area contributed by atoms with Crippen LogP contribution in [0, 0.1) is 0 Å². The van der Waals surface area contributed by atoms with Crippen LogP contribution in [0.15, 0.2) is 116 Å². The van der Waals surface area contributed by atoms with E-state index in [1.54, 1.807) is 25.0 Å². The van der Waals surface area contributed by atoms with Gasteiger partial charge in [0.25, 0.3) is 0 Å². The van der Waals surface area contributed by atoms with Gasteiger partial charge < -0.3 is 0 Å². The number of rotatable bonds is 3. The number of hydrogen-bond acceptors (Lipinski definition) is 7. The molecule has 186 valence electrons. The monoisotopic (exact) mass is 513 g/mol. The third-order valence-electron chi connectivity index (χ3n) is 7.12. The van der Waals surface area contributed by atoms with Gasteiger partial charge in [-0.25, -0.2) is 34.9 Å². The summed E-state index contributed by atoms with van der Waals surface area (Å²) in [7, 11) is 0. The maximum Gasteiger partial charge on any atom is 0.164 e. The summed E-state index contributed by atoms with van der Waals surface area (Å²) in [5.41, 5.74) is 4.38. The van der Waals surface area contributed by atoms with Gasteiger partial charge in [0.1, 0.15) is 12.7 Å². The molecular weight excluding hydrogens is 494 g/mol. The molecule has 3 aromatic heterocycles. The van der Waals surface area contributed by atoms with E-state index in [1.807, 2.05) is 36.4 Å². The molecule has 8 rings (SSSR count). The van der Waals surface area contributed by atoms with Crippen LogP contribution in [0.25, 0.3) is 77.5 Å². The molecule has 0 spiro atoms. The van der Waals surface area contributed by atoms with Gasteiger partial charge >= 0.3 is 0 Å². The van der Waals surface area contributed by atoms with Crippen molar-refractivity contribution in [2.24, 2.45) is 0 Å². The summed E-state index contributed by atoms with van der Waals surface area (Å²) in [5.74, 6) is 1.76. The highest BCUT2D eigenvalue weighted by molar-refractivity contribution is 5.99. The van der Waals surface area contributed by atoms with Gasteiger partial charge in [-0.05, 0) is 76.1 Å². The zero-order chi connectivity index (χ0) is 26.5. The summed E-state index contributed by atoms with van der Waals surface area (Å²) < 4.78 is 0. The van der Waals surface area contributed by atoms with Crippen molar-refractivity contribution in [3.63, 3.8) is 0 Å². The third-order valence-corrected chi connectivity index (χ3v) is 7.12. The zero-order valence-corrected chi connectivity index (χ0v) is 21.1. The first-order valence-electron chi connectivity index (χ1n) is 12.9. The van der Waals surface area contributed by atoms with Gasteiger partial charge in [0, 0.05) is 39.9 Å². The molecule has 8 aromatic rings. The van der Waals surface area contributed by atoms with E-state index in [0.717, 1.165) is 43.9 Å². The molecule has 0 aliphatic carbocycles. The van der Waals surface area contributed by atoms with Gasteiger partial charge in [0.05, 0.1) is 11.0 Å². The van der Waals surface area contributed by atoms with Crippen LogP contribution >= 0.6 is 0 Å². The minimum Gasteiger partial charge on any atom is -0.244 e. The first kappa shape index (κ1) is 22.3. The van der Waals surface area contributed by atoms with Crippen LogP contribution in [-0.4, -0.2) is 34.9 Å². The predicted octanol–water partition coefficient (Wildman–Crippen LogP) is 7.07. The predicted molar refractivity (Wildman–Crippen MR) is 157 cm³/mol. The second-order valence-electron chi connectivity index (χ2n) is 9.66. The number of fused-ring (bicyclic) bond motifs is 4. The highest BCUT2D eigenvalue weighted by atomic mass is 15.0. The Balaban J connectivity index is 1.33. The fourth-order valence-electron chi connectivity index (χ4n) is 5.09. The van der Waals surface area contributed by atoms with Gasteiger partial charge in [0.15, 0.2) is 17.5 Å². The fourth-order valence-corrected chi connectivity index (χ4v) is 5.09. The highest BCUT2D eigenvalue weighted by Crippen LogP contribution is 2.30. The second kappa shape index (κ2) is 8.96. The number of benzene rings is 5. The van der Waals surface area contributed by atoms with Gasteiger partial charge in [-0.2, -0.15) is 0 Å². The molecule has 0 fully saturated rings. The first-order valence-corrected chi connectivity index (χ1v) is 12.9. The molecule has 0 N–H and O–H groups in total. The Hall–Kier alpha value is -5.69. The van der Waals surface area contributed by atoms with E-state index in [9.17, 15) is 0 Å². The van der Waals surface area contributed by atoms with Gasteiger partial charge in [-0.3, -0.25) is 0 Å². The molecule has 0 saturated carbocycles. The van der Waals surface area contributed by atoms with E-state index in [4.69, 9.17) is 15.0 Å². The second-order valence-corrected chi connectivity index (χ2v) is 9.66. The Morgan fingerprint density at radius 1 is 0.375 bits per heavy atom. The summed E-state index contributed by atoms with van der Waals surface area (Å²) in [6, 6.07) is 31.1. The lowest BCUT2D eigenvalue weighted by atomic mass is 10.0. The molecule has 3 heterocycles. The van der Waals surface area contributed by atoms with E-state index in [0.29, 0.717) is 17.5 Å². The maximum absolute atomic E-state index is 4.95. The smallest absolute Gasteiger partial charge is 0.164 e. The van der Waals surface area contributed by atoms with Crippen LogP contribution in [0.5, 0.6) is 0 Å². The van der Waals surface area contributed by atoms with E-state index in [-0.39, 0.29) is 0 Å². The van der Waals surface area contributed by atoms with E-state index in [1.165, 1.54) is 16.2 Å². The normalized spacial score (nSPS) is 11.5. The molecule has 0 unspecified atom stereocenters. The van der Waals surface area contributed by atoms with Crippen LogP contribution in [0.3, 0.4) is 0 Å². The Labute approximate surface area is 228 Å². The van der Waals surface area contributed by atoms with Crippen LogP contribution in [-0.2, 0) is 0 Å². The van der Waals surface area contributed by atoms with Crippen molar-refractivity contribution in [2.75, 3.05) is 0 Å². The Bertz CT molecular complexity index is 2150. The van der Waals surface area contributed by atoms with E-state index in [2.05, 4.69) is 74.5 Å². The largest absolute Gasteiger partial charge is 0.244 e. The molecular formula is C33H19N7. The molecule has 0 atom stereocenters. The standard InChI is InChI=1S/C33H19N7/c1-2-4-21-12-26-13-23(6-5-22(26)11-20(21)3-1)31-38-32(24-7-9-29-27(14-24)16-34-18-36-29)40-33(39-31)25-8-10-30-28(15-25)17-35-19-37-30/h1-19H. The lowest BCUT2D eigenvalue weighted by Gasteiger charge is -2.10. The maximum atomic E-state index is 4.95. The summed E-state index contributed by atoms with van der Waals surface area (Å²) in [6.07, 6.45) is 6.69. The van der Waals surface area contributed by atoms with Gasteiger partial charge in [-0.1, -0.05) is 36.4 Å². The minimum absolute atomic E-state index is 0.578. The average molecular weight is 514 g/mol. The molecule has 0 aliphatic heterocycles. The first-order chi connectivity index (χ1) is 19.8. The van der Waals surface area contributed by atoms with Crippen molar-refractivity contribution in [1.82, 2.24) is 34.9 Å². The van der Waals surface area contributed by atoms with Crippen molar-refractivity contribution in [2.45, 2.75) is 0 Å². The summed E-state index contributed by atoms with van der Waals surface area (Å²) in [4.78, 5) is 31.9. The van der Waals surface area contributed by atoms with E-state index < -0.39 is 0 Å². The fraction of sp³-hybridized carbons (Fsp3) is 0. The van der Waals surface area contributed by atoms with Crippen molar-refractivity contribution in [1.29, 1.82) is 0 Å². The molecule has 0 radical (unpaired) electrons. The number of nitrogens with zero attached hydrogens (tertiary/aromatic N) is 7. The Morgan fingerprint density at radius 3 is 1.38 bits per heavy atom. The highest BCUT2D eigenvalue weighted by Gasteiger charge is 2.14. The van der Waals surface area contributed by atoms with E-state index >= 15 is 0 Å². The molecule has 0 saturated heterocycles. The van der Waals surface area contributed by atoms with Crippen molar-refractivity contribution in [3.05, 3.63) is 116 Å². The van der Waals surface area contributed by atoms with Crippen molar-refractivity contribution < 1.29 is 0 Å². The number of hydrogen-bond donors (Lipinski definition) is 0. The SMILES string of the molecule is c1ccc2cc3cc(-c4nc(-c5ccc6ncncc6c5)nc(-c5ccc6ncncc6c5)n4)ccc3cc2c1.